The summed E-state index contributed by atoms with van der Waals surface area (Å²) in [7, 11) is 0. The molecule has 102 valence electrons. The minimum atomic E-state index is 0.254. The highest BCUT2D eigenvalue weighted by Gasteiger charge is 2.08. The maximum Gasteiger partial charge on any atom is 0.0637 e. The van der Waals surface area contributed by atoms with Crippen molar-refractivity contribution >= 4 is 23.2 Å². The number of aliphatic hydroxyl groups excluding tert-OH is 1. The molecule has 1 unspecified atom stereocenters. The summed E-state index contributed by atoms with van der Waals surface area (Å²) in [5, 5.41) is 13.6. The molecule has 0 aliphatic rings. The van der Waals surface area contributed by atoms with Gasteiger partial charge in [0.2, 0.25) is 0 Å². The van der Waals surface area contributed by atoms with Crippen LogP contribution in [-0.4, -0.2) is 18.3 Å². The molecule has 2 N–H and O–H groups in total. The third-order valence-corrected chi connectivity index (χ3v) is 3.87. The number of nitrogens with one attached hydrogen (secondary N) is 1. The van der Waals surface area contributed by atoms with Crippen LogP contribution in [0.3, 0.4) is 0 Å². The van der Waals surface area contributed by atoms with Gasteiger partial charge in [-0.3, -0.25) is 0 Å². The van der Waals surface area contributed by atoms with E-state index in [1.165, 1.54) is 0 Å². The van der Waals surface area contributed by atoms with Gasteiger partial charge in [-0.05, 0) is 36.9 Å². The molecule has 0 saturated heterocycles. The number of rotatable bonds is 8. The van der Waals surface area contributed by atoms with Crippen LogP contribution in [0.15, 0.2) is 18.2 Å². The highest BCUT2D eigenvalue weighted by molar-refractivity contribution is 6.42. The Kier molecular flexibility index (Phi) is 7.68. The molecule has 0 aromatic heterocycles. The molecule has 0 amide bonds. The summed E-state index contributed by atoms with van der Waals surface area (Å²) in [4.78, 5) is 0. The smallest absolute Gasteiger partial charge is 0.0637 e. The molecular weight excluding hydrogens is 269 g/mol. The molecule has 1 atom stereocenters. The third-order valence-electron chi connectivity index (χ3n) is 3.01. The summed E-state index contributed by atoms with van der Waals surface area (Å²) in [6, 6.07) is 5.67. The normalized spacial score (nSPS) is 12.7. The summed E-state index contributed by atoms with van der Waals surface area (Å²) in [5.74, 6) is 0.526. The van der Waals surface area contributed by atoms with Gasteiger partial charge < -0.3 is 10.4 Å². The van der Waals surface area contributed by atoms with Crippen LogP contribution >= 0.6 is 23.2 Å². The molecule has 0 fully saturated rings. The second-order valence-electron chi connectivity index (χ2n) is 4.51. The van der Waals surface area contributed by atoms with Crippen molar-refractivity contribution in [3.05, 3.63) is 33.8 Å². The van der Waals surface area contributed by atoms with E-state index in [2.05, 4.69) is 12.2 Å². The minimum absolute atomic E-state index is 0.254. The van der Waals surface area contributed by atoms with Crippen LogP contribution in [0.1, 0.15) is 31.7 Å². The second kappa shape index (κ2) is 8.76. The fourth-order valence-corrected chi connectivity index (χ4v) is 2.42. The quantitative estimate of drug-likeness (QED) is 0.761. The Morgan fingerprint density at radius 1 is 1.28 bits per heavy atom. The van der Waals surface area contributed by atoms with Crippen LogP contribution in [0.25, 0.3) is 0 Å². The number of aliphatic hydroxyl groups is 1. The van der Waals surface area contributed by atoms with E-state index in [1.54, 1.807) is 6.07 Å². The van der Waals surface area contributed by atoms with Gasteiger partial charge in [-0.2, -0.15) is 0 Å². The molecule has 18 heavy (non-hydrogen) atoms. The van der Waals surface area contributed by atoms with Crippen molar-refractivity contribution in [1.82, 2.24) is 5.32 Å². The molecule has 0 bridgehead atoms. The second-order valence-corrected chi connectivity index (χ2v) is 5.30. The van der Waals surface area contributed by atoms with E-state index in [0.717, 1.165) is 31.4 Å². The summed E-state index contributed by atoms with van der Waals surface area (Å²) in [6.07, 6.45) is 3.13. The number of hydrogen-bond acceptors (Lipinski definition) is 2. The first kappa shape index (κ1) is 15.8. The van der Waals surface area contributed by atoms with Crippen molar-refractivity contribution in [1.29, 1.82) is 0 Å². The number of hydrogen-bond donors (Lipinski definition) is 2. The summed E-state index contributed by atoms with van der Waals surface area (Å²) < 4.78 is 0. The Balaban J connectivity index is 2.42. The van der Waals surface area contributed by atoms with E-state index in [4.69, 9.17) is 28.3 Å². The van der Waals surface area contributed by atoms with Crippen molar-refractivity contribution in [2.45, 2.75) is 32.7 Å². The van der Waals surface area contributed by atoms with Crippen molar-refractivity contribution in [3.8, 4) is 0 Å². The van der Waals surface area contributed by atoms with E-state index < -0.39 is 0 Å². The standard InChI is InChI=1S/C14H21Cl2NO/c1-2-4-11(7-8-18)9-17-10-12-5-3-6-13(15)14(12)16/h3,5-6,11,17-18H,2,4,7-10H2,1H3. The molecular formula is C14H21Cl2NO. The lowest BCUT2D eigenvalue weighted by Crippen LogP contribution is -2.23. The molecule has 0 aliphatic heterocycles. The van der Waals surface area contributed by atoms with Gasteiger partial charge in [0.15, 0.2) is 0 Å². The Labute approximate surface area is 119 Å². The van der Waals surface area contributed by atoms with Crippen molar-refractivity contribution in [3.63, 3.8) is 0 Å². The SMILES string of the molecule is CCCC(CCO)CNCc1cccc(Cl)c1Cl. The van der Waals surface area contributed by atoms with Gasteiger partial charge in [-0.15, -0.1) is 0 Å². The zero-order chi connectivity index (χ0) is 13.4. The Bertz CT molecular complexity index is 352. The lowest BCUT2D eigenvalue weighted by atomic mass is 10.0. The van der Waals surface area contributed by atoms with Crippen molar-refractivity contribution < 1.29 is 5.11 Å². The number of benzene rings is 1. The lowest BCUT2D eigenvalue weighted by molar-refractivity contribution is 0.248. The van der Waals surface area contributed by atoms with Crippen LogP contribution in [0.2, 0.25) is 10.0 Å². The van der Waals surface area contributed by atoms with Gasteiger partial charge >= 0.3 is 0 Å². The predicted molar refractivity (Wildman–Crippen MR) is 78.3 cm³/mol. The summed E-state index contributed by atoms with van der Waals surface area (Å²) in [5.41, 5.74) is 1.02. The molecule has 1 rings (SSSR count). The fraction of sp³-hybridized carbons (Fsp3) is 0.571. The predicted octanol–water partition coefficient (Wildman–Crippen LogP) is 3.88. The van der Waals surface area contributed by atoms with Gasteiger partial charge in [0.1, 0.15) is 0 Å². The van der Waals surface area contributed by atoms with Gasteiger partial charge in [-0.1, -0.05) is 48.7 Å². The Hall–Kier alpha value is -0.280. The molecule has 0 aliphatic carbocycles. The monoisotopic (exact) mass is 289 g/mol. The fourth-order valence-electron chi connectivity index (χ4n) is 2.04. The highest BCUT2D eigenvalue weighted by atomic mass is 35.5. The average Bonchev–Trinajstić information content (AvgIpc) is 2.35. The highest BCUT2D eigenvalue weighted by Crippen LogP contribution is 2.25. The Morgan fingerprint density at radius 3 is 2.72 bits per heavy atom. The topological polar surface area (TPSA) is 32.3 Å². The van der Waals surface area contributed by atoms with E-state index in [1.807, 2.05) is 12.1 Å². The third kappa shape index (κ3) is 5.15. The zero-order valence-corrected chi connectivity index (χ0v) is 12.3. The molecule has 4 heteroatoms. The van der Waals surface area contributed by atoms with Crippen LogP contribution in [0.4, 0.5) is 0 Å². The molecule has 0 radical (unpaired) electrons. The van der Waals surface area contributed by atoms with E-state index >= 15 is 0 Å². The van der Waals surface area contributed by atoms with Crippen molar-refractivity contribution in [2.75, 3.05) is 13.2 Å². The average molecular weight is 290 g/mol. The van der Waals surface area contributed by atoms with E-state index in [-0.39, 0.29) is 6.61 Å². The molecule has 2 nitrogen and oxygen atoms in total. The maximum atomic E-state index is 8.99. The summed E-state index contributed by atoms with van der Waals surface area (Å²) >= 11 is 12.1. The first-order valence-corrected chi connectivity index (χ1v) is 7.19. The largest absolute Gasteiger partial charge is 0.396 e. The summed E-state index contributed by atoms with van der Waals surface area (Å²) in [6.45, 7) is 4.03. The first-order chi connectivity index (χ1) is 8.69. The molecule has 0 heterocycles. The van der Waals surface area contributed by atoms with Crippen LogP contribution < -0.4 is 5.32 Å². The first-order valence-electron chi connectivity index (χ1n) is 6.43. The van der Waals surface area contributed by atoms with E-state index in [9.17, 15) is 0 Å². The number of halogens is 2. The van der Waals surface area contributed by atoms with Crippen LogP contribution in [-0.2, 0) is 6.54 Å². The molecule has 1 aromatic rings. The minimum Gasteiger partial charge on any atom is -0.396 e. The molecule has 0 saturated carbocycles. The van der Waals surface area contributed by atoms with Gasteiger partial charge in [0.25, 0.3) is 0 Å². The molecule has 1 aromatic carbocycles. The van der Waals surface area contributed by atoms with Gasteiger partial charge in [0, 0.05) is 13.2 Å². The lowest BCUT2D eigenvalue weighted by Gasteiger charge is -2.16. The van der Waals surface area contributed by atoms with Gasteiger partial charge in [0.05, 0.1) is 10.0 Å². The van der Waals surface area contributed by atoms with Gasteiger partial charge in [-0.25, -0.2) is 0 Å². The van der Waals surface area contributed by atoms with Crippen LogP contribution in [0.5, 0.6) is 0 Å². The van der Waals surface area contributed by atoms with Crippen LogP contribution in [0, 0.1) is 5.92 Å². The van der Waals surface area contributed by atoms with Crippen molar-refractivity contribution in [2.24, 2.45) is 5.92 Å². The Morgan fingerprint density at radius 2 is 2.06 bits per heavy atom. The molecule has 0 spiro atoms. The maximum absolute atomic E-state index is 8.99. The zero-order valence-electron chi connectivity index (χ0n) is 10.8. The van der Waals surface area contributed by atoms with E-state index in [0.29, 0.717) is 22.5 Å².